The van der Waals surface area contributed by atoms with Crippen LogP contribution in [-0.2, 0) is 0 Å². The normalized spacial score (nSPS) is 10.6. The maximum atomic E-state index is 8.95. The van der Waals surface area contributed by atoms with Crippen LogP contribution in [0.3, 0.4) is 0 Å². The van der Waals surface area contributed by atoms with Crippen molar-refractivity contribution < 1.29 is 19.7 Å². The molecule has 0 saturated carbocycles. The molecule has 0 aliphatic heterocycles. The highest BCUT2D eigenvalue weighted by Gasteiger charge is 2.11. The highest BCUT2D eigenvalue weighted by Crippen LogP contribution is 2.34. The van der Waals surface area contributed by atoms with Gasteiger partial charge in [0.15, 0.2) is 13.6 Å². The summed E-state index contributed by atoms with van der Waals surface area (Å²) in [6.45, 7) is 7.20. The number of hydrogen-bond donors (Lipinski definition) is 2. The molecule has 0 heterocycles. The summed E-state index contributed by atoms with van der Waals surface area (Å²) in [5.74, 6) is 1.44. The van der Waals surface area contributed by atoms with E-state index >= 15 is 0 Å². The summed E-state index contributed by atoms with van der Waals surface area (Å²) in [4.78, 5) is 0. The molecule has 118 valence electrons. The van der Waals surface area contributed by atoms with Crippen molar-refractivity contribution in [2.24, 2.45) is 0 Å². The zero-order valence-electron chi connectivity index (χ0n) is 13.4. The van der Waals surface area contributed by atoms with Crippen molar-refractivity contribution >= 4 is 0 Å². The predicted octanol–water partition coefficient (Wildman–Crippen LogP) is 3.24. The largest absolute Gasteiger partial charge is 0.467 e. The zero-order valence-corrected chi connectivity index (χ0v) is 13.4. The molecule has 0 unspecified atom stereocenters. The maximum Gasteiger partial charge on any atom is 0.186 e. The first-order valence-electron chi connectivity index (χ1n) is 7.18. The molecule has 0 aliphatic carbocycles. The first-order valence-corrected chi connectivity index (χ1v) is 7.18. The van der Waals surface area contributed by atoms with Crippen LogP contribution in [0.1, 0.15) is 22.3 Å². The molecule has 0 aromatic heterocycles. The lowest BCUT2D eigenvalue weighted by Gasteiger charge is -2.15. The molecule has 0 aliphatic rings. The van der Waals surface area contributed by atoms with Gasteiger partial charge in [0.2, 0.25) is 0 Å². The number of aliphatic hydroxyl groups is 2. The highest BCUT2D eigenvalue weighted by molar-refractivity contribution is 5.70. The summed E-state index contributed by atoms with van der Waals surface area (Å²) in [6, 6.07) is 8.16. The van der Waals surface area contributed by atoms with E-state index < -0.39 is 0 Å². The van der Waals surface area contributed by atoms with Crippen molar-refractivity contribution in [1.82, 2.24) is 0 Å². The fourth-order valence-corrected chi connectivity index (χ4v) is 2.82. The van der Waals surface area contributed by atoms with E-state index in [0.29, 0.717) is 0 Å². The number of aryl methyl sites for hydroxylation is 4. The molecule has 2 aromatic carbocycles. The molecular formula is C18H22O4. The maximum absolute atomic E-state index is 8.95. The standard InChI is InChI=1S/C18H22O4/c1-11-5-15(6-12(2)17(11)21-9-19)16-7-13(3)18(22-10-20)14(4)8-16/h5-8,19-20H,9-10H2,1-4H3. The molecule has 0 saturated heterocycles. The number of rotatable bonds is 5. The van der Waals surface area contributed by atoms with Gasteiger partial charge in [0.25, 0.3) is 0 Å². The van der Waals surface area contributed by atoms with Crippen molar-refractivity contribution in [3.8, 4) is 22.6 Å². The summed E-state index contributed by atoms with van der Waals surface area (Å²) in [5, 5.41) is 17.9. The Labute approximate surface area is 130 Å². The fraction of sp³-hybridized carbons (Fsp3) is 0.333. The molecule has 2 aromatic rings. The van der Waals surface area contributed by atoms with Gasteiger partial charge in [0, 0.05) is 0 Å². The Morgan fingerprint density at radius 1 is 0.636 bits per heavy atom. The van der Waals surface area contributed by atoms with E-state index in [1.165, 1.54) is 0 Å². The third kappa shape index (κ3) is 3.24. The number of ether oxygens (including phenoxy) is 2. The molecule has 2 rings (SSSR count). The minimum absolute atomic E-state index is 0.327. The summed E-state index contributed by atoms with van der Waals surface area (Å²) >= 11 is 0. The monoisotopic (exact) mass is 302 g/mol. The van der Waals surface area contributed by atoms with Gasteiger partial charge in [-0.15, -0.1) is 0 Å². The van der Waals surface area contributed by atoms with Gasteiger partial charge in [-0.1, -0.05) is 0 Å². The van der Waals surface area contributed by atoms with E-state index in [4.69, 9.17) is 19.7 Å². The minimum atomic E-state index is -0.327. The second-order valence-electron chi connectivity index (χ2n) is 5.43. The lowest BCUT2D eigenvalue weighted by Crippen LogP contribution is -2.01. The van der Waals surface area contributed by atoms with E-state index in [-0.39, 0.29) is 13.6 Å². The van der Waals surface area contributed by atoms with Crippen molar-refractivity contribution in [3.63, 3.8) is 0 Å². The fourth-order valence-electron chi connectivity index (χ4n) is 2.82. The van der Waals surface area contributed by atoms with E-state index in [2.05, 4.69) is 0 Å². The van der Waals surface area contributed by atoms with Crippen molar-refractivity contribution in [3.05, 3.63) is 46.5 Å². The molecule has 0 bridgehead atoms. The molecule has 0 atom stereocenters. The summed E-state index contributed by atoms with van der Waals surface area (Å²) in [5.41, 5.74) is 6.10. The van der Waals surface area contributed by atoms with Crippen LogP contribution in [-0.4, -0.2) is 23.8 Å². The predicted molar refractivity (Wildman–Crippen MR) is 86.3 cm³/mol. The van der Waals surface area contributed by atoms with Crippen molar-refractivity contribution in [2.45, 2.75) is 27.7 Å². The smallest absolute Gasteiger partial charge is 0.186 e. The lowest BCUT2D eigenvalue weighted by molar-refractivity contribution is 0.0967. The topological polar surface area (TPSA) is 58.9 Å². The molecule has 2 N–H and O–H groups in total. The number of benzene rings is 2. The van der Waals surface area contributed by atoms with Gasteiger partial charge >= 0.3 is 0 Å². The quantitative estimate of drug-likeness (QED) is 0.832. The van der Waals surface area contributed by atoms with Crippen LogP contribution in [0, 0.1) is 27.7 Å². The lowest BCUT2D eigenvalue weighted by atomic mass is 9.96. The van der Waals surface area contributed by atoms with Gasteiger partial charge in [-0.3, -0.25) is 0 Å². The number of hydrogen-bond acceptors (Lipinski definition) is 4. The Morgan fingerprint density at radius 2 is 0.909 bits per heavy atom. The molecule has 22 heavy (non-hydrogen) atoms. The van der Waals surface area contributed by atoms with E-state index in [1.807, 2.05) is 52.0 Å². The average molecular weight is 302 g/mol. The second-order valence-corrected chi connectivity index (χ2v) is 5.43. The van der Waals surface area contributed by atoms with Crippen LogP contribution in [0.4, 0.5) is 0 Å². The Balaban J connectivity index is 2.49. The van der Waals surface area contributed by atoms with Gasteiger partial charge in [-0.25, -0.2) is 0 Å². The molecule has 0 fully saturated rings. The van der Waals surface area contributed by atoms with Crippen LogP contribution in [0.25, 0.3) is 11.1 Å². The van der Waals surface area contributed by atoms with Gasteiger partial charge in [-0.05, 0) is 85.3 Å². The molecule has 0 spiro atoms. The van der Waals surface area contributed by atoms with Gasteiger partial charge in [0.05, 0.1) is 0 Å². The molecule has 0 radical (unpaired) electrons. The Morgan fingerprint density at radius 3 is 1.14 bits per heavy atom. The first kappa shape index (κ1) is 16.3. The van der Waals surface area contributed by atoms with Crippen molar-refractivity contribution in [2.75, 3.05) is 13.6 Å². The SMILES string of the molecule is Cc1cc(-c2cc(C)c(OCO)c(C)c2)cc(C)c1OCO. The Kier molecular flexibility index (Phi) is 5.06. The first-order chi connectivity index (χ1) is 10.5. The van der Waals surface area contributed by atoms with Crippen LogP contribution in [0.5, 0.6) is 11.5 Å². The van der Waals surface area contributed by atoms with E-state index in [9.17, 15) is 0 Å². The van der Waals surface area contributed by atoms with Crippen LogP contribution >= 0.6 is 0 Å². The van der Waals surface area contributed by atoms with Crippen LogP contribution in [0.2, 0.25) is 0 Å². The molecule has 4 nitrogen and oxygen atoms in total. The molecule has 0 amide bonds. The minimum Gasteiger partial charge on any atom is -0.467 e. The third-order valence-corrected chi connectivity index (χ3v) is 3.67. The van der Waals surface area contributed by atoms with Crippen LogP contribution < -0.4 is 9.47 Å². The second kappa shape index (κ2) is 6.81. The Bertz CT molecular complexity index is 571. The zero-order chi connectivity index (χ0) is 16.3. The van der Waals surface area contributed by atoms with Crippen LogP contribution in [0.15, 0.2) is 24.3 Å². The van der Waals surface area contributed by atoms with Gasteiger partial charge in [0.1, 0.15) is 11.5 Å². The van der Waals surface area contributed by atoms with Gasteiger partial charge < -0.3 is 19.7 Å². The summed E-state index contributed by atoms with van der Waals surface area (Å²) < 4.78 is 10.5. The average Bonchev–Trinajstić information content (AvgIpc) is 2.46. The van der Waals surface area contributed by atoms with Crippen molar-refractivity contribution in [1.29, 1.82) is 0 Å². The summed E-state index contributed by atoms with van der Waals surface area (Å²) in [7, 11) is 0. The Hall–Kier alpha value is -2.04. The summed E-state index contributed by atoms with van der Waals surface area (Å²) in [6.07, 6.45) is 0. The van der Waals surface area contributed by atoms with Gasteiger partial charge in [-0.2, -0.15) is 0 Å². The molecule has 4 heteroatoms. The van der Waals surface area contributed by atoms with E-state index in [0.717, 1.165) is 44.9 Å². The van der Waals surface area contributed by atoms with E-state index in [1.54, 1.807) is 0 Å². The highest BCUT2D eigenvalue weighted by atomic mass is 16.6. The molecular weight excluding hydrogens is 280 g/mol. The third-order valence-electron chi connectivity index (χ3n) is 3.67. The number of aliphatic hydroxyl groups excluding tert-OH is 2.